The molecule has 0 aliphatic heterocycles. The Kier molecular flexibility index (Phi) is 3.75. The molecule has 0 atom stereocenters. The van der Waals surface area contributed by atoms with Crippen LogP contribution in [0.4, 0.5) is 10.1 Å². The summed E-state index contributed by atoms with van der Waals surface area (Å²) in [5.41, 5.74) is 3.50. The topological polar surface area (TPSA) is 136 Å². The summed E-state index contributed by atoms with van der Waals surface area (Å²) in [6.07, 6.45) is 0. The normalized spacial score (nSPS) is 9.13. The van der Waals surface area contributed by atoms with E-state index in [1.165, 1.54) is 0 Å². The largest absolute Gasteiger partial charge is 0.478 e. The van der Waals surface area contributed by atoms with Gasteiger partial charge in [0, 0.05) is 5.69 Å². The van der Waals surface area contributed by atoms with E-state index in [-0.39, 0.29) is 11.8 Å². The number of hydrogen-bond acceptors (Lipinski definition) is 4. The van der Waals surface area contributed by atoms with Gasteiger partial charge in [0.25, 0.3) is 0 Å². The first-order valence-electron chi connectivity index (χ1n) is 3.49. The fourth-order valence-corrected chi connectivity index (χ4v) is 1.01. The van der Waals surface area contributed by atoms with Gasteiger partial charge in [-0.2, -0.15) is 0 Å². The molecule has 15 heavy (non-hydrogen) atoms. The van der Waals surface area contributed by atoms with Gasteiger partial charge in [-0.05, 0) is 12.1 Å². The van der Waals surface area contributed by atoms with Gasteiger partial charge in [0.15, 0.2) is 0 Å². The Morgan fingerprint density at radius 3 is 2.13 bits per heavy atom. The fraction of sp³-hybridized carbons (Fsp3) is 0. The highest BCUT2D eigenvalue weighted by Gasteiger charge is 2.21. The molecule has 0 radical (unpaired) electrons. The maximum Gasteiger partial charge on any atom is 0.339 e. The van der Waals surface area contributed by atoms with E-state index in [1.807, 2.05) is 0 Å². The van der Waals surface area contributed by atoms with E-state index in [0.29, 0.717) is 0 Å². The summed E-state index contributed by atoms with van der Waals surface area (Å²) >= 11 is 0. The Morgan fingerprint density at radius 2 is 1.73 bits per heavy atom. The Labute approximate surface area is 83.7 Å². The Morgan fingerprint density at radius 1 is 1.20 bits per heavy atom. The van der Waals surface area contributed by atoms with E-state index in [9.17, 15) is 14.0 Å². The lowest BCUT2D eigenvalue weighted by molar-refractivity contribution is 0.0647. The highest BCUT2D eigenvalue weighted by atomic mass is 19.1. The van der Waals surface area contributed by atoms with Crippen LogP contribution < -0.4 is 11.9 Å². The van der Waals surface area contributed by atoms with Crippen LogP contribution in [0.5, 0.6) is 0 Å². The highest BCUT2D eigenvalue weighted by Crippen LogP contribution is 2.18. The van der Waals surface area contributed by atoms with Gasteiger partial charge in [-0.15, -0.1) is 0 Å². The van der Waals surface area contributed by atoms with Crippen LogP contribution in [0, 0.1) is 5.82 Å². The van der Waals surface area contributed by atoms with Crippen molar-refractivity contribution in [3.63, 3.8) is 0 Å². The molecule has 1 aromatic carbocycles. The number of carboxylic acid groups (broad SMARTS) is 2. The van der Waals surface area contributed by atoms with Crippen molar-refractivity contribution in [2.75, 3.05) is 5.73 Å². The molecule has 1 rings (SSSR count). The van der Waals surface area contributed by atoms with Crippen molar-refractivity contribution in [2.45, 2.75) is 0 Å². The van der Waals surface area contributed by atoms with Crippen LogP contribution in [-0.2, 0) is 0 Å². The van der Waals surface area contributed by atoms with Crippen LogP contribution in [0.3, 0.4) is 0 Å². The lowest BCUT2D eigenvalue weighted by Gasteiger charge is -2.03. The summed E-state index contributed by atoms with van der Waals surface area (Å²) in [4.78, 5) is 21.1. The van der Waals surface area contributed by atoms with Crippen molar-refractivity contribution < 1.29 is 24.2 Å². The molecule has 0 bridgehead atoms. The van der Waals surface area contributed by atoms with Gasteiger partial charge in [-0.25, -0.2) is 14.0 Å². The molecule has 0 fully saturated rings. The zero-order chi connectivity index (χ0) is 10.9. The lowest BCUT2D eigenvalue weighted by atomic mass is 10.1. The Balaban J connectivity index is 0.00000196. The predicted octanol–water partition coefficient (Wildman–Crippen LogP) is 0.966. The van der Waals surface area contributed by atoms with Gasteiger partial charge >= 0.3 is 11.9 Å². The number of anilines is 1. The first-order valence-corrected chi connectivity index (χ1v) is 3.49. The monoisotopic (exact) mass is 216 g/mol. The highest BCUT2D eigenvalue weighted by molar-refractivity contribution is 6.02. The van der Waals surface area contributed by atoms with Crippen LogP contribution in [0.1, 0.15) is 20.7 Å². The Bertz CT molecular complexity index is 419. The summed E-state index contributed by atoms with van der Waals surface area (Å²) in [7, 11) is 0. The number of aromatic carboxylic acids is 2. The third-order valence-corrected chi connectivity index (χ3v) is 1.56. The SMILES string of the molecule is N.Nc1cc(F)c(C(=O)O)c(C(=O)O)c1. The molecule has 0 aliphatic rings. The van der Waals surface area contributed by atoms with Crippen LogP contribution >= 0.6 is 0 Å². The Hall–Kier alpha value is -2.15. The molecule has 0 heterocycles. The quantitative estimate of drug-likeness (QED) is 0.543. The molecule has 0 saturated heterocycles. The predicted molar refractivity (Wildman–Crippen MR) is 49.8 cm³/mol. The molecule has 0 unspecified atom stereocenters. The lowest BCUT2D eigenvalue weighted by Crippen LogP contribution is -2.11. The zero-order valence-electron chi connectivity index (χ0n) is 7.53. The molecule has 1 aromatic rings. The van der Waals surface area contributed by atoms with Crippen LogP contribution in [-0.4, -0.2) is 22.2 Å². The number of carbonyl (C=O) groups is 2. The van der Waals surface area contributed by atoms with Gasteiger partial charge in [-0.1, -0.05) is 0 Å². The van der Waals surface area contributed by atoms with E-state index in [0.717, 1.165) is 12.1 Å². The zero-order valence-corrected chi connectivity index (χ0v) is 7.53. The van der Waals surface area contributed by atoms with Gasteiger partial charge in [0.1, 0.15) is 11.4 Å². The van der Waals surface area contributed by atoms with Gasteiger partial charge < -0.3 is 22.1 Å². The van der Waals surface area contributed by atoms with E-state index in [2.05, 4.69) is 0 Å². The molecule has 6 nitrogen and oxygen atoms in total. The van der Waals surface area contributed by atoms with Gasteiger partial charge in [0.05, 0.1) is 5.56 Å². The average molecular weight is 216 g/mol. The van der Waals surface area contributed by atoms with Gasteiger partial charge in [-0.3, -0.25) is 0 Å². The molecule has 7 heteroatoms. The van der Waals surface area contributed by atoms with Crippen molar-refractivity contribution in [1.82, 2.24) is 6.15 Å². The van der Waals surface area contributed by atoms with Crippen LogP contribution in [0.25, 0.3) is 0 Å². The first kappa shape index (κ1) is 12.8. The van der Waals surface area contributed by atoms with Crippen molar-refractivity contribution in [3.05, 3.63) is 29.1 Å². The number of halogens is 1. The molecular formula is C8H9FN2O4. The minimum atomic E-state index is -1.64. The molecule has 0 aromatic heterocycles. The molecule has 7 N–H and O–H groups in total. The van der Waals surface area contributed by atoms with E-state index in [1.54, 1.807) is 0 Å². The molecule has 0 saturated carbocycles. The van der Waals surface area contributed by atoms with E-state index in [4.69, 9.17) is 15.9 Å². The summed E-state index contributed by atoms with van der Waals surface area (Å²) < 4.78 is 13.0. The standard InChI is InChI=1S/C8H6FNO4.H3N/c9-5-2-3(10)1-4(7(11)12)6(5)8(13)14;/h1-2H,10H2,(H,11,12)(H,13,14);1H3. The first-order chi connectivity index (χ1) is 6.43. The summed E-state index contributed by atoms with van der Waals surface area (Å²) in [6.45, 7) is 0. The van der Waals surface area contributed by atoms with E-state index >= 15 is 0 Å². The fourth-order valence-electron chi connectivity index (χ4n) is 1.01. The average Bonchev–Trinajstić information content (AvgIpc) is 2.01. The van der Waals surface area contributed by atoms with E-state index < -0.39 is 28.9 Å². The van der Waals surface area contributed by atoms with Crippen LogP contribution in [0.15, 0.2) is 12.1 Å². The smallest absolute Gasteiger partial charge is 0.339 e. The van der Waals surface area contributed by atoms with Gasteiger partial charge in [0.2, 0.25) is 0 Å². The number of benzene rings is 1. The molecule has 0 amide bonds. The third kappa shape index (κ3) is 2.41. The molecule has 0 spiro atoms. The summed E-state index contributed by atoms with van der Waals surface area (Å²) in [5, 5.41) is 17.1. The number of rotatable bonds is 2. The molecular weight excluding hydrogens is 207 g/mol. The second-order valence-electron chi connectivity index (χ2n) is 2.54. The minimum absolute atomic E-state index is 0. The number of carboxylic acids is 2. The second-order valence-corrected chi connectivity index (χ2v) is 2.54. The maximum atomic E-state index is 13.0. The van der Waals surface area contributed by atoms with Crippen molar-refractivity contribution in [3.8, 4) is 0 Å². The molecule has 82 valence electrons. The number of nitrogen functional groups attached to an aromatic ring is 1. The summed E-state index contributed by atoms with van der Waals surface area (Å²) in [5.74, 6) is -4.33. The number of hydrogen-bond donors (Lipinski definition) is 4. The minimum Gasteiger partial charge on any atom is -0.478 e. The molecule has 0 aliphatic carbocycles. The van der Waals surface area contributed by atoms with Crippen molar-refractivity contribution in [1.29, 1.82) is 0 Å². The third-order valence-electron chi connectivity index (χ3n) is 1.56. The van der Waals surface area contributed by atoms with Crippen molar-refractivity contribution in [2.24, 2.45) is 0 Å². The number of nitrogens with two attached hydrogens (primary N) is 1. The summed E-state index contributed by atoms with van der Waals surface area (Å²) in [6, 6.07) is 1.66. The maximum absolute atomic E-state index is 13.0. The van der Waals surface area contributed by atoms with Crippen molar-refractivity contribution >= 4 is 17.6 Å². The second kappa shape index (κ2) is 4.38. The van der Waals surface area contributed by atoms with Crippen LogP contribution in [0.2, 0.25) is 0 Å².